The lowest BCUT2D eigenvalue weighted by atomic mass is 9.92. The maximum absolute atomic E-state index is 13.3. The van der Waals surface area contributed by atoms with Crippen molar-refractivity contribution in [3.05, 3.63) is 46.3 Å². The van der Waals surface area contributed by atoms with Gasteiger partial charge in [-0.1, -0.05) is 17.7 Å². The first-order valence-corrected chi connectivity index (χ1v) is 10.2. The van der Waals surface area contributed by atoms with Crippen LogP contribution in [0.4, 0.5) is 0 Å². The van der Waals surface area contributed by atoms with E-state index in [0.29, 0.717) is 11.6 Å². The van der Waals surface area contributed by atoms with Crippen LogP contribution in [0.25, 0.3) is 5.69 Å². The highest BCUT2D eigenvalue weighted by molar-refractivity contribution is 5.94. The van der Waals surface area contributed by atoms with Gasteiger partial charge in [0.25, 0.3) is 5.91 Å². The van der Waals surface area contributed by atoms with Crippen LogP contribution in [0.3, 0.4) is 0 Å². The van der Waals surface area contributed by atoms with Crippen molar-refractivity contribution in [1.82, 2.24) is 14.7 Å². The van der Waals surface area contributed by atoms with Crippen LogP contribution in [0, 0.1) is 19.8 Å². The zero-order chi connectivity index (χ0) is 19.1. The number of hydrogen-bond donors (Lipinski definition) is 1. The molecule has 4 rings (SSSR count). The summed E-state index contributed by atoms with van der Waals surface area (Å²) in [5, 5.41) is 4.83. The van der Waals surface area contributed by atoms with Gasteiger partial charge in [-0.2, -0.15) is 5.10 Å². The van der Waals surface area contributed by atoms with Gasteiger partial charge in [-0.25, -0.2) is 4.68 Å². The van der Waals surface area contributed by atoms with Crippen molar-refractivity contribution in [3.8, 4) is 5.69 Å². The number of hydrogen-bond acceptors (Lipinski definition) is 3. The van der Waals surface area contributed by atoms with Crippen molar-refractivity contribution >= 4 is 5.91 Å². The Hall–Kier alpha value is -2.14. The standard InChI is InChI=1S/C22H30N4O/c1-14-9-10-19(15(2)12-14)26-20-8-4-7-18(20)21(24-26)22(27)25-11-5-6-17(13-25)16(3)23/h9-10,12,16-17H,4-8,11,13,23H2,1-3H3. The van der Waals surface area contributed by atoms with Gasteiger partial charge in [-0.3, -0.25) is 4.79 Å². The van der Waals surface area contributed by atoms with E-state index in [-0.39, 0.29) is 11.9 Å². The van der Waals surface area contributed by atoms with Crippen LogP contribution in [0.1, 0.15) is 59.1 Å². The Morgan fingerprint density at radius 2 is 2.07 bits per heavy atom. The van der Waals surface area contributed by atoms with Gasteiger partial charge in [0.15, 0.2) is 5.69 Å². The molecule has 5 heteroatoms. The number of carbonyl (C=O) groups is 1. The zero-order valence-corrected chi connectivity index (χ0v) is 16.7. The van der Waals surface area contributed by atoms with Gasteiger partial charge in [0.2, 0.25) is 0 Å². The fourth-order valence-corrected chi connectivity index (χ4v) is 4.62. The molecule has 0 radical (unpaired) electrons. The summed E-state index contributed by atoms with van der Waals surface area (Å²) in [7, 11) is 0. The molecular formula is C22H30N4O. The third kappa shape index (κ3) is 3.29. The molecule has 27 heavy (non-hydrogen) atoms. The van der Waals surface area contributed by atoms with E-state index in [1.165, 1.54) is 16.8 Å². The number of rotatable bonds is 3. The molecule has 0 saturated carbocycles. The summed E-state index contributed by atoms with van der Waals surface area (Å²) in [6.07, 6.45) is 5.17. The quantitative estimate of drug-likeness (QED) is 0.907. The van der Waals surface area contributed by atoms with E-state index in [1.54, 1.807) is 0 Å². The SMILES string of the molecule is Cc1ccc(-n2nc(C(=O)N3CCCC(C(C)N)C3)c3c2CCC3)c(C)c1. The van der Waals surface area contributed by atoms with E-state index in [4.69, 9.17) is 10.8 Å². The summed E-state index contributed by atoms with van der Waals surface area (Å²) in [5.74, 6) is 0.471. The molecule has 2 atom stereocenters. The third-order valence-electron chi connectivity index (χ3n) is 6.20. The van der Waals surface area contributed by atoms with Gasteiger partial charge in [0.1, 0.15) is 0 Å². The number of nitrogens with zero attached hydrogens (tertiary/aromatic N) is 3. The summed E-state index contributed by atoms with van der Waals surface area (Å²) in [4.78, 5) is 15.3. The zero-order valence-electron chi connectivity index (χ0n) is 16.7. The van der Waals surface area contributed by atoms with Gasteiger partial charge in [0, 0.05) is 30.4 Å². The number of piperidine rings is 1. The minimum Gasteiger partial charge on any atom is -0.337 e. The number of benzene rings is 1. The van der Waals surface area contributed by atoms with Crippen LogP contribution in [0.15, 0.2) is 18.2 Å². The second-order valence-corrected chi connectivity index (χ2v) is 8.34. The number of aromatic nitrogens is 2. The van der Waals surface area contributed by atoms with E-state index in [9.17, 15) is 4.79 Å². The predicted octanol–water partition coefficient (Wildman–Crippen LogP) is 3.18. The fraction of sp³-hybridized carbons (Fsp3) is 0.545. The van der Waals surface area contributed by atoms with Gasteiger partial charge >= 0.3 is 0 Å². The average Bonchev–Trinajstić information content (AvgIpc) is 3.24. The Kier molecular flexibility index (Phi) is 4.81. The van der Waals surface area contributed by atoms with E-state index >= 15 is 0 Å². The lowest BCUT2D eigenvalue weighted by Gasteiger charge is -2.34. The minimum atomic E-state index is 0.0852. The number of aryl methyl sites for hydroxylation is 2. The maximum Gasteiger partial charge on any atom is 0.274 e. The monoisotopic (exact) mass is 366 g/mol. The van der Waals surface area contributed by atoms with Crippen molar-refractivity contribution in [1.29, 1.82) is 0 Å². The smallest absolute Gasteiger partial charge is 0.274 e. The molecule has 2 unspecified atom stereocenters. The van der Waals surface area contributed by atoms with Crippen molar-refractivity contribution in [2.45, 2.75) is 58.9 Å². The molecular weight excluding hydrogens is 336 g/mol. The highest BCUT2D eigenvalue weighted by Gasteiger charge is 2.32. The van der Waals surface area contributed by atoms with Gasteiger partial charge in [-0.15, -0.1) is 0 Å². The van der Waals surface area contributed by atoms with Gasteiger partial charge in [0.05, 0.1) is 5.69 Å². The molecule has 5 nitrogen and oxygen atoms in total. The number of likely N-dealkylation sites (tertiary alicyclic amines) is 1. The summed E-state index contributed by atoms with van der Waals surface area (Å²) in [6, 6.07) is 6.54. The molecule has 2 N–H and O–H groups in total. The van der Waals surface area contributed by atoms with E-state index in [1.807, 2.05) is 16.5 Å². The molecule has 1 aliphatic heterocycles. The van der Waals surface area contributed by atoms with Crippen LogP contribution >= 0.6 is 0 Å². The second-order valence-electron chi connectivity index (χ2n) is 8.34. The van der Waals surface area contributed by atoms with Gasteiger partial charge < -0.3 is 10.6 Å². The van der Waals surface area contributed by atoms with E-state index < -0.39 is 0 Å². The Balaban J connectivity index is 1.69. The fourth-order valence-electron chi connectivity index (χ4n) is 4.62. The Morgan fingerprint density at radius 1 is 1.26 bits per heavy atom. The molecule has 1 amide bonds. The third-order valence-corrected chi connectivity index (χ3v) is 6.20. The first-order chi connectivity index (χ1) is 13.0. The highest BCUT2D eigenvalue weighted by atomic mass is 16.2. The molecule has 2 aromatic rings. The van der Waals surface area contributed by atoms with Crippen LogP contribution < -0.4 is 5.73 Å². The van der Waals surface area contributed by atoms with E-state index in [2.05, 4.69) is 32.0 Å². The summed E-state index contributed by atoms with van der Waals surface area (Å²) in [5.41, 5.74) is 12.7. The molecule has 1 fully saturated rings. The summed E-state index contributed by atoms with van der Waals surface area (Å²) >= 11 is 0. The molecule has 2 heterocycles. The maximum atomic E-state index is 13.3. The van der Waals surface area contributed by atoms with E-state index in [0.717, 1.165) is 56.4 Å². The number of fused-ring (bicyclic) bond motifs is 1. The van der Waals surface area contributed by atoms with Crippen LogP contribution in [-0.2, 0) is 12.8 Å². The van der Waals surface area contributed by atoms with Crippen LogP contribution in [-0.4, -0.2) is 39.7 Å². The van der Waals surface area contributed by atoms with Crippen molar-refractivity contribution in [2.24, 2.45) is 11.7 Å². The normalized spacial score (nSPS) is 20.6. The topological polar surface area (TPSA) is 64.2 Å². The van der Waals surface area contributed by atoms with Crippen molar-refractivity contribution in [2.75, 3.05) is 13.1 Å². The number of amides is 1. The van der Waals surface area contributed by atoms with Gasteiger partial charge in [-0.05, 0) is 70.4 Å². The predicted molar refractivity (Wildman–Crippen MR) is 107 cm³/mol. The summed E-state index contributed by atoms with van der Waals surface area (Å²) in [6.45, 7) is 7.83. The lowest BCUT2D eigenvalue weighted by Crippen LogP contribution is -2.45. The van der Waals surface area contributed by atoms with Crippen molar-refractivity contribution < 1.29 is 4.79 Å². The molecule has 0 spiro atoms. The average molecular weight is 367 g/mol. The molecule has 1 saturated heterocycles. The first kappa shape index (κ1) is 18.2. The number of nitrogens with two attached hydrogens (primary N) is 1. The minimum absolute atomic E-state index is 0.0852. The number of carbonyl (C=O) groups excluding carboxylic acids is 1. The Morgan fingerprint density at radius 3 is 2.81 bits per heavy atom. The molecule has 1 aromatic heterocycles. The Bertz CT molecular complexity index is 867. The molecule has 144 valence electrons. The molecule has 0 bridgehead atoms. The van der Waals surface area contributed by atoms with Crippen LogP contribution in [0.2, 0.25) is 0 Å². The Labute approximate surface area is 161 Å². The second kappa shape index (κ2) is 7.12. The lowest BCUT2D eigenvalue weighted by molar-refractivity contribution is 0.0653. The largest absolute Gasteiger partial charge is 0.337 e. The molecule has 1 aromatic carbocycles. The first-order valence-electron chi connectivity index (χ1n) is 10.2. The highest BCUT2D eigenvalue weighted by Crippen LogP contribution is 2.31. The van der Waals surface area contributed by atoms with Crippen LogP contribution in [0.5, 0.6) is 0 Å². The summed E-state index contributed by atoms with van der Waals surface area (Å²) < 4.78 is 2.03. The molecule has 1 aliphatic carbocycles. The molecule has 2 aliphatic rings. The van der Waals surface area contributed by atoms with Crippen molar-refractivity contribution in [3.63, 3.8) is 0 Å².